The maximum absolute atomic E-state index is 11.5. The van der Waals surface area contributed by atoms with Gasteiger partial charge < -0.3 is 9.53 Å². The number of hydrogen-bond acceptors (Lipinski definition) is 3. The van der Waals surface area contributed by atoms with Crippen LogP contribution in [-0.2, 0) is 14.3 Å². The summed E-state index contributed by atoms with van der Waals surface area (Å²) in [5.41, 5.74) is -0.419. The summed E-state index contributed by atoms with van der Waals surface area (Å²) in [6, 6.07) is 0. The molecule has 3 heteroatoms. The quantitative estimate of drug-likeness (QED) is 0.497. The molecule has 0 aromatic heterocycles. The van der Waals surface area contributed by atoms with Crippen molar-refractivity contribution in [2.75, 3.05) is 7.11 Å². The summed E-state index contributed by atoms with van der Waals surface area (Å²) in [5, 5.41) is 0. The number of rotatable bonds is 2. The summed E-state index contributed by atoms with van der Waals surface area (Å²) < 4.78 is 4.81. The number of carbonyl (C=O) groups excluding carboxylic acids is 2. The summed E-state index contributed by atoms with van der Waals surface area (Å²) in [6.45, 7) is 2.00. The predicted octanol–water partition coefficient (Wildman–Crippen LogP) is 1.55. The first-order valence-corrected chi connectivity index (χ1v) is 5.11. The molecule has 78 valence electrons. The third kappa shape index (κ3) is 1.04. The van der Waals surface area contributed by atoms with Crippen LogP contribution in [0.15, 0.2) is 0 Å². The Morgan fingerprint density at radius 3 is 2.43 bits per heavy atom. The Morgan fingerprint density at radius 1 is 1.43 bits per heavy atom. The minimum absolute atomic E-state index is 0.0818. The van der Waals surface area contributed by atoms with Crippen molar-refractivity contribution >= 4 is 12.3 Å². The van der Waals surface area contributed by atoms with Crippen molar-refractivity contribution in [1.29, 1.82) is 0 Å². The van der Waals surface area contributed by atoms with E-state index < -0.39 is 0 Å². The predicted molar refractivity (Wildman–Crippen MR) is 50.6 cm³/mol. The molecule has 0 spiro atoms. The van der Waals surface area contributed by atoms with E-state index in [1.165, 1.54) is 7.11 Å². The molecule has 0 saturated heterocycles. The number of methoxy groups -OCH3 is 1. The zero-order valence-corrected chi connectivity index (χ0v) is 8.71. The van der Waals surface area contributed by atoms with E-state index in [1.54, 1.807) is 0 Å². The van der Waals surface area contributed by atoms with Crippen LogP contribution in [0.5, 0.6) is 0 Å². The number of aldehydes is 1. The van der Waals surface area contributed by atoms with Crippen LogP contribution in [-0.4, -0.2) is 19.4 Å². The van der Waals surface area contributed by atoms with Gasteiger partial charge in [0.1, 0.15) is 6.29 Å². The lowest BCUT2D eigenvalue weighted by atomic mass is 9.46. The van der Waals surface area contributed by atoms with Crippen LogP contribution in [0.1, 0.15) is 32.6 Å². The fourth-order valence-electron chi connectivity index (χ4n) is 2.91. The smallest absolute Gasteiger partial charge is 0.311 e. The van der Waals surface area contributed by atoms with E-state index in [-0.39, 0.29) is 16.8 Å². The summed E-state index contributed by atoms with van der Waals surface area (Å²) in [7, 11) is 1.44. The second-order valence-corrected chi connectivity index (χ2v) is 5.00. The molecule has 1 unspecified atom stereocenters. The van der Waals surface area contributed by atoms with Crippen LogP contribution in [0.3, 0.4) is 0 Å². The highest BCUT2D eigenvalue weighted by Crippen LogP contribution is 2.62. The SMILES string of the molecule is COC(=O)C12CCC(C)(C=O)C(C1)C2. The highest BCUT2D eigenvalue weighted by Gasteiger charge is 2.60. The highest BCUT2D eigenvalue weighted by molar-refractivity contribution is 5.79. The van der Waals surface area contributed by atoms with Gasteiger partial charge in [0.25, 0.3) is 0 Å². The minimum atomic E-state index is -0.234. The van der Waals surface area contributed by atoms with Crippen LogP contribution >= 0.6 is 0 Å². The van der Waals surface area contributed by atoms with Crippen molar-refractivity contribution in [1.82, 2.24) is 0 Å². The summed E-state index contributed by atoms with van der Waals surface area (Å²) in [5.74, 6) is 0.314. The third-order valence-electron chi connectivity index (χ3n) is 4.24. The molecule has 3 aliphatic rings. The lowest BCUT2D eigenvalue weighted by Crippen LogP contribution is -2.55. The van der Waals surface area contributed by atoms with Crippen LogP contribution < -0.4 is 0 Å². The molecular weight excluding hydrogens is 180 g/mol. The van der Waals surface area contributed by atoms with Gasteiger partial charge in [-0.3, -0.25) is 4.79 Å². The maximum Gasteiger partial charge on any atom is 0.311 e. The van der Waals surface area contributed by atoms with Gasteiger partial charge in [-0.2, -0.15) is 0 Å². The van der Waals surface area contributed by atoms with E-state index in [0.717, 1.165) is 32.0 Å². The molecule has 0 N–H and O–H groups in total. The number of carbonyl (C=O) groups is 2. The Bertz CT molecular complexity index is 273. The van der Waals surface area contributed by atoms with Gasteiger partial charge in [0.15, 0.2) is 0 Å². The molecule has 2 bridgehead atoms. The van der Waals surface area contributed by atoms with Gasteiger partial charge in [-0.1, -0.05) is 6.92 Å². The zero-order valence-electron chi connectivity index (χ0n) is 8.71. The number of ether oxygens (including phenoxy) is 1. The largest absolute Gasteiger partial charge is 0.469 e. The second kappa shape index (κ2) is 2.81. The lowest BCUT2D eigenvalue weighted by Gasteiger charge is -2.56. The topological polar surface area (TPSA) is 43.4 Å². The van der Waals surface area contributed by atoms with Gasteiger partial charge in [0.2, 0.25) is 0 Å². The van der Waals surface area contributed by atoms with Crippen LogP contribution in [0, 0.1) is 16.7 Å². The van der Waals surface area contributed by atoms with Gasteiger partial charge >= 0.3 is 5.97 Å². The van der Waals surface area contributed by atoms with E-state index in [1.807, 2.05) is 6.92 Å². The standard InChI is InChI=1S/C11H16O3/c1-10(7-12)3-4-11(9(13)14-2)5-8(10)6-11/h7-8H,3-6H2,1-2H3. The van der Waals surface area contributed by atoms with Crippen molar-refractivity contribution in [2.24, 2.45) is 16.7 Å². The summed E-state index contributed by atoms with van der Waals surface area (Å²) in [6.07, 6.45) is 4.39. The molecule has 3 saturated carbocycles. The highest BCUT2D eigenvalue weighted by atomic mass is 16.5. The molecular formula is C11H16O3. The second-order valence-electron chi connectivity index (χ2n) is 5.00. The summed E-state index contributed by atoms with van der Waals surface area (Å²) in [4.78, 5) is 22.5. The molecule has 3 fully saturated rings. The zero-order chi connectivity index (χ0) is 10.4. The third-order valence-corrected chi connectivity index (χ3v) is 4.24. The summed E-state index contributed by atoms with van der Waals surface area (Å²) >= 11 is 0. The average molecular weight is 196 g/mol. The van der Waals surface area contributed by atoms with Gasteiger partial charge in [-0.15, -0.1) is 0 Å². The normalized spacial score (nSPS) is 45.1. The molecule has 0 amide bonds. The number of hydrogen-bond donors (Lipinski definition) is 0. The van der Waals surface area contributed by atoms with E-state index in [4.69, 9.17) is 4.74 Å². The van der Waals surface area contributed by atoms with E-state index in [9.17, 15) is 9.59 Å². The van der Waals surface area contributed by atoms with Crippen LogP contribution in [0.25, 0.3) is 0 Å². The monoisotopic (exact) mass is 196 g/mol. The van der Waals surface area contributed by atoms with E-state index in [0.29, 0.717) is 5.92 Å². The molecule has 3 aliphatic carbocycles. The maximum atomic E-state index is 11.5. The van der Waals surface area contributed by atoms with Gasteiger partial charge in [0.05, 0.1) is 12.5 Å². The first-order valence-electron chi connectivity index (χ1n) is 5.11. The van der Waals surface area contributed by atoms with Crippen molar-refractivity contribution < 1.29 is 14.3 Å². The van der Waals surface area contributed by atoms with Gasteiger partial charge in [0, 0.05) is 5.41 Å². The van der Waals surface area contributed by atoms with Crippen LogP contribution in [0.4, 0.5) is 0 Å². The molecule has 0 aromatic rings. The van der Waals surface area contributed by atoms with Crippen LogP contribution in [0.2, 0.25) is 0 Å². The van der Waals surface area contributed by atoms with Crippen molar-refractivity contribution in [3.05, 3.63) is 0 Å². The number of fused-ring (bicyclic) bond motifs is 2. The first-order chi connectivity index (χ1) is 6.56. The average Bonchev–Trinajstić information content (AvgIpc) is 2.16. The molecule has 1 atom stereocenters. The van der Waals surface area contributed by atoms with E-state index in [2.05, 4.69) is 0 Å². The first kappa shape index (κ1) is 9.69. The Labute approximate surface area is 83.8 Å². The Kier molecular flexibility index (Phi) is 1.95. The fraction of sp³-hybridized carbons (Fsp3) is 0.818. The van der Waals surface area contributed by atoms with E-state index >= 15 is 0 Å². The Balaban J connectivity index is 2.11. The lowest BCUT2D eigenvalue weighted by molar-refractivity contribution is -0.179. The Hall–Kier alpha value is -0.860. The van der Waals surface area contributed by atoms with Crippen molar-refractivity contribution in [3.63, 3.8) is 0 Å². The molecule has 3 nitrogen and oxygen atoms in total. The molecule has 3 rings (SSSR count). The van der Waals surface area contributed by atoms with Crippen molar-refractivity contribution in [2.45, 2.75) is 32.6 Å². The number of esters is 1. The molecule has 0 heterocycles. The van der Waals surface area contributed by atoms with Gasteiger partial charge in [-0.25, -0.2) is 0 Å². The Morgan fingerprint density at radius 2 is 2.07 bits per heavy atom. The van der Waals surface area contributed by atoms with Gasteiger partial charge in [-0.05, 0) is 31.6 Å². The molecule has 14 heavy (non-hydrogen) atoms. The molecule has 0 radical (unpaired) electrons. The fourth-order valence-corrected chi connectivity index (χ4v) is 2.91. The van der Waals surface area contributed by atoms with Crippen molar-refractivity contribution in [3.8, 4) is 0 Å². The molecule has 0 aromatic carbocycles. The minimum Gasteiger partial charge on any atom is -0.469 e. The molecule has 0 aliphatic heterocycles.